The molecule has 4 N–H and O–H groups in total. The molecule has 1 aromatic rings. The third-order valence-electron chi connectivity index (χ3n) is 2.41. The van der Waals surface area contributed by atoms with Gasteiger partial charge < -0.3 is 20.8 Å². The Kier molecular flexibility index (Phi) is 8.08. The molecule has 1 rings (SSSR count). The number of amides is 2. The van der Waals surface area contributed by atoms with Gasteiger partial charge in [0.15, 0.2) is 0 Å². The van der Waals surface area contributed by atoms with E-state index >= 15 is 0 Å². The molecule has 21 heavy (non-hydrogen) atoms. The predicted octanol–water partition coefficient (Wildman–Crippen LogP) is 1.54. The number of rotatable bonds is 5. The Balaban J connectivity index is 3.11. The first-order chi connectivity index (χ1) is 9.77. The molecule has 1 aromatic carbocycles. The Morgan fingerprint density at radius 3 is 2.43 bits per heavy atom. The molecule has 0 aliphatic heterocycles. The first-order valence-corrected chi connectivity index (χ1v) is 9.03. The second-order valence-electron chi connectivity index (χ2n) is 4.13. The van der Waals surface area contributed by atoms with Crippen LogP contribution >= 0.6 is 67.8 Å². The van der Waals surface area contributed by atoms with Crippen molar-refractivity contribution in [3.8, 4) is 0 Å². The van der Waals surface area contributed by atoms with Crippen LogP contribution in [0.2, 0.25) is 0 Å². The highest BCUT2D eigenvalue weighted by atomic mass is 127. The maximum Gasteiger partial charge on any atom is 0.253 e. The Labute approximate surface area is 162 Å². The van der Waals surface area contributed by atoms with Gasteiger partial charge in [0.25, 0.3) is 5.91 Å². The van der Waals surface area contributed by atoms with Gasteiger partial charge in [-0.15, -0.1) is 0 Å². The third kappa shape index (κ3) is 5.44. The molecule has 0 aromatic heterocycles. The second-order valence-corrected chi connectivity index (χ2v) is 7.53. The summed E-state index contributed by atoms with van der Waals surface area (Å²) in [7, 11) is 0. The number of benzene rings is 1. The molecular weight excluding hydrogens is 617 g/mol. The van der Waals surface area contributed by atoms with Crippen molar-refractivity contribution in [1.29, 1.82) is 0 Å². The van der Waals surface area contributed by atoms with E-state index in [1.54, 1.807) is 6.07 Å². The monoisotopic (exact) mass is 630 g/mol. The summed E-state index contributed by atoms with van der Waals surface area (Å²) in [6.45, 7) is 0.947. The second kappa shape index (κ2) is 8.79. The summed E-state index contributed by atoms with van der Waals surface area (Å²) in [5.41, 5.74) is 1.03. The van der Waals surface area contributed by atoms with Gasteiger partial charge in [0.1, 0.15) is 0 Å². The van der Waals surface area contributed by atoms with Crippen LogP contribution in [0.3, 0.4) is 0 Å². The van der Waals surface area contributed by atoms with Crippen LogP contribution in [-0.4, -0.2) is 41.3 Å². The molecule has 0 heterocycles. The minimum Gasteiger partial charge on any atom is -0.394 e. The first-order valence-electron chi connectivity index (χ1n) is 5.80. The Morgan fingerprint density at radius 2 is 1.90 bits per heavy atom. The Bertz CT molecular complexity index is 566. The Hall–Kier alpha value is 0.270. The minimum atomic E-state index is -0.997. The standard InChI is InChI=1S/C12H13I3N2O4/c1-5(19)17-11-8(14)2-7(13)9(10(11)15)12(21)16-3-6(20)4-18/h2,6,18,20H,3-4H2,1H3,(H,16,21)(H,17,19). The molecule has 1 atom stereocenters. The van der Waals surface area contributed by atoms with Crippen LogP contribution in [0.25, 0.3) is 0 Å². The number of hydrogen-bond donors (Lipinski definition) is 4. The summed E-state index contributed by atoms with van der Waals surface area (Å²) in [5.74, 6) is -0.576. The fraction of sp³-hybridized carbons (Fsp3) is 0.333. The van der Waals surface area contributed by atoms with Crippen molar-refractivity contribution in [3.05, 3.63) is 22.3 Å². The van der Waals surface area contributed by atoms with Crippen molar-refractivity contribution in [3.63, 3.8) is 0 Å². The molecule has 6 nitrogen and oxygen atoms in total. The van der Waals surface area contributed by atoms with Gasteiger partial charge in [-0.05, 0) is 73.8 Å². The van der Waals surface area contributed by atoms with Crippen LogP contribution in [0.1, 0.15) is 17.3 Å². The van der Waals surface area contributed by atoms with Crippen molar-refractivity contribution < 1.29 is 19.8 Å². The lowest BCUT2D eigenvalue weighted by atomic mass is 10.2. The number of hydrogen-bond acceptors (Lipinski definition) is 4. The summed E-state index contributed by atoms with van der Waals surface area (Å²) in [6.07, 6.45) is -0.997. The zero-order valence-corrected chi connectivity index (χ0v) is 17.4. The number of anilines is 1. The van der Waals surface area contributed by atoms with Gasteiger partial charge in [-0.3, -0.25) is 9.59 Å². The normalized spacial score (nSPS) is 11.9. The first kappa shape index (κ1) is 19.3. The lowest BCUT2D eigenvalue weighted by molar-refractivity contribution is -0.114. The molecule has 0 aliphatic rings. The minimum absolute atomic E-state index is 0.0387. The summed E-state index contributed by atoms with van der Waals surface area (Å²) in [6, 6.07) is 1.80. The number of aliphatic hydroxyl groups is 2. The van der Waals surface area contributed by atoms with E-state index in [0.29, 0.717) is 14.8 Å². The van der Waals surface area contributed by atoms with Gasteiger partial charge >= 0.3 is 0 Å². The number of aliphatic hydroxyl groups excluding tert-OH is 2. The topological polar surface area (TPSA) is 98.7 Å². The summed E-state index contributed by atoms with van der Waals surface area (Å²) < 4.78 is 2.21. The van der Waals surface area contributed by atoms with Gasteiger partial charge in [0, 0.05) is 20.6 Å². The number of carbonyl (C=O) groups is 2. The van der Waals surface area contributed by atoms with Gasteiger partial charge in [-0.1, -0.05) is 0 Å². The number of carbonyl (C=O) groups excluding carboxylic acids is 2. The van der Waals surface area contributed by atoms with E-state index < -0.39 is 12.7 Å². The molecular formula is C12H13I3N2O4. The molecule has 0 aliphatic carbocycles. The summed E-state index contributed by atoms with van der Waals surface area (Å²) in [5, 5.41) is 23.3. The van der Waals surface area contributed by atoms with Crippen molar-refractivity contribution in [2.24, 2.45) is 0 Å². The van der Waals surface area contributed by atoms with E-state index in [1.165, 1.54) is 6.92 Å². The lowest BCUT2D eigenvalue weighted by Crippen LogP contribution is -2.34. The van der Waals surface area contributed by atoms with Crippen LogP contribution in [0.4, 0.5) is 5.69 Å². The fourth-order valence-corrected chi connectivity index (χ4v) is 5.58. The SMILES string of the molecule is CC(=O)Nc1c(I)cc(I)c(C(=O)NCC(O)CO)c1I. The maximum absolute atomic E-state index is 12.2. The van der Waals surface area contributed by atoms with Crippen molar-refractivity contribution >= 4 is 85.3 Å². The molecule has 0 spiro atoms. The quantitative estimate of drug-likeness (QED) is 0.372. The fourth-order valence-electron chi connectivity index (χ4n) is 1.45. The van der Waals surface area contributed by atoms with Crippen molar-refractivity contribution in [2.45, 2.75) is 13.0 Å². The maximum atomic E-state index is 12.2. The molecule has 0 radical (unpaired) electrons. The molecule has 0 fully saturated rings. The molecule has 2 amide bonds. The molecule has 9 heteroatoms. The van der Waals surface area contributed by atoms with Crippen molar-refractivity contribution in [2.75, 3.05) is 18.5 Å². The number of halogens is 3. The van der Waals surface area contributed by atoms with Crippen molar-refractivity contribution in [1.82, 2.24) is 5.32 Å². The van der Waals surface area contributed by atoms with E-state index in [0.717, 1.165) is 7.14 Å². The number of nitrogens with one attached hydrogen (secondary N) is 2. The van der Waals surface area contributed by atoms with Gasteiger partial charge in [-0.2, -0.15) is 0 Å². The lowest BCUT2D eigenvalue weighted by Gasteiger charge is -2.15. The smallest absolute Gasteiger partial charge is 0.253 e. The van der Waals surface area contributed by atoms with E-state index in [1.807, 2.05) is 45.2 Å². The highest BCUT2D eigenvalue weighted by Crippen LogP contribution is 2.31. The van der Waals surface area contributed by atoms with E-state index in [4.69, 9.17) is 5.11 Å². The van der Waals surface area contributed by atoms with Crippen LogP contribution < -0.4 is 10.6 Å². The summed E-state index contributed by atoms with van der Waals surface area (Å²) >= 11 is 6.15. The molecule has 0 saturated heterocycles. The van der Waals surface area contributed by atoms with Crippen LogP contribution in [0, 0.1) is 10.7 Å². The zero-order chi connectivity index (χ0) is 16.2. The van der Waals surface area contributed by atoms with Gasteiger partial charge in [0.2, 0.25) is 5.91 Å². The molecule has 1 unspecified atom stereocenters. The molecule has 116 valence electrons. The zero-order valence-electron chi connectivity index (χ0n) is 10.9. The van der Waals surface area contributed by atoms with E-state index in [-0.39, 0.29) is 18.4 Å². The summed E-state index contributed by atoms with van der Waals surface area (Å²) in [4.78, 5) is 23.5. The van der Waals surface area contributed by atoms with E-state index in [2.05, 4.69) is 33.2 Å². The highest BCUT2D eigenvalue weighted by molar-refractivity contribution is 14.1. The van der Waals surface area contributed by atoms with Crippen LogP contribution in [-0.2, 0) is 4.79 Å². The van der Waals surface area contributed by atoms with E-state index in [9.17, 15) is 14.7 Å². The van der Waals surface area contributed by atoms with Crippen LogP contribution in [0.15, 0.2) is 6.07 Å². The van der Waals surface area contributed by atoms with Gasteiger partial charge in [0.05, 0.1) is 27.5 Å². The molecule has 0 bridgehead atoms. The average Bonchev–Trinajstić information content (AvgIpc) is 2.40. The highest BCUT2D eigenvalue weighted by Gasteiger charge is 2.20. The average molecular weight is 630 g/mol. The van der Waals surface area contributed by atoms with Gasteiger partial charge in [-0.25, -0.2) is 0 Å². The third-order valence-corrected chi connectivity index (χ3v) is 5.19. The largest absolute Gasteiger partial charge is 0.394 e. The predicted molar refractivity (Wildman–Crippen MR) is 104 cm³/mol. The Morgan fingerprint density at radius 1 is 1.29 bits per heavy atom. The molecule has 0 saturated carbocycles. The van der Waals surface area contributed by atoms with Crippen LogP contribution in [0.5, 0.6) is 0 Å².